The van der Waals surface area contributed by atoms with E-state index in [0.29, 0.717) is 36.4 Å². The molecule has 1 unspecified atom stereocenters. The molecular weight excluding hydrogens is 411 g/mol. The molecule has 160 valence electrons. The molecule has 1 fully saturated rings. The normalized spacial score (nSPS) is 17.2. The smallest absolute Gasteiger partial charge is 0.415 e. The van der Waals surface area contributed by atoms with E-state index < -0.39 is 19.4 Å². The van der Waals surface area contributed by atoms with Gasteiger partial charge in [0, 0.05) is 6.54 Å². The Balaban J connectivity index is 1.64. The second-order valence-electron chi connectivity index (χ2n) is 7.39. The van der Waals surface area contributed by atoms with Gasteiger partial charge < -0.3 is 19.7 Å². The third-order valence-electron chi connectivity index (χ3n) is 5.25. The largest absolute Gasteiger partial charge is 0.453 e. The Kier molecular flexibility index (Phi) is 6.40. The van der Waals surface area contributed by atoms with E-state index in [0.717, 1.165) is 0 Å². The molecule has 1 amide bonds. The maximum atomic E-state index is 14.1. The van der Waals surface area contributed by atoms with Crippen LogP contribution in [0.2, 0.25) is 0 Å². The standard InChI is InChI=1S/C24H25N2O4P/c25-23(19-11-4-1-5-12-19)24(27)26-18-10-17-22(26)31(28,29-20-13-6-2-7-14-20)30-21-15-8-3-9-16-21/h1-9,11-16,22-23H,10,17-18,25H2/t22?,23-/m0/s1. The molecule has 0 aliphatic carbocycles. The van der Waals surface area contributed by atoms with E-state index in [1.165, 1.54) is 0 Å². The Morgan fingerprint density at radius 2 is 1.35 bits per heavy atom. The molecule has 0 radical (unpaired) electrons. The Hall–Kier alpha value is -3.08. The molecule has 7 heteroatoms. The summed E-state index contributed by atoms with van der Waals surface area (Å²) in [6.45, 7) is 0.449. The summed E-state index contributed by atoms with van der Waals surface area (Å²) in [4.78, 5) is 14.8. The average Bonchev–Trinajstić information content (AvgIpc) is 3.31. The zero-order valence-electron chi connectivity index (χ0n) is 17.0. The van der Waals surface area contributed by atoms with Gasteiger partial charge in [0.05, 0.1) is 0 Å². The van der Waals surface area contributed by atoms with Crippen LogP contribution in [0.25, 0.3) is 0 Å². The number of nitrogens with zero attached hydrogens (tertiary/aromatic N) is 1. The van der Waals surface area contributed by atoms with E-state index >= 15 is 0 Å². The molecule has 31 heavy (non-hydrogen) atoms. The van der Waals surface area contributed by atoms with Gasteiger partial charge in [-0.05, 0) is 42.7 Å². The van der Waals surface area contributed by atoms with Crippen LogP contribution < -0.4 is 14.8 Å². The predicted molar refractivity (Wildman–Crippen MR) is 120 cm³/mol. The average molecular weight is 436 g/mol. The fourth-order valence-corrected chi connectivity index (χ4v) is 5.89. The lowest BCUT2D eigenvalue weighted by atomic mass is 10.1. The van der Waals surface area contributed by atoms with Gasteiger partial charge in [0.15, 0.2) is 5.78 Å². The third-order valence-corrected chi connectivity index (χ3v) is 7.44. The van der Waals surface area contributed by atoms with Crippen molar-refractivity contribution in [1.82, 2.24) is 4.90 Å². The zero-order chi connectivity index (χ0) is 21.7. The SMILES string of the molecule is N[C@H](C(=O)N1CCCC1P(=O)(Oc1ccccc1)Oc1ccccc1)c1ccccc1. The molecule has 1 aliphatic heterocycles. The molecule has 6 nitrogen and oxygen atoms in total. The lowest BCUT2D eigenvalue weighted by molar-refractivity contribution is -0.132. The number of carbonyl (C=O) groups excluding carboxylic acids is 1. The molecule has 1 aliphatic rings. The summed E-state index contributed by atoms with van der Waals surface area (Å²) in [5.41, 5.74) is 6.98. The van der Waals surface area contributed by atoms with Gasteiger partial charge in [0.2, 0.25) is 5.91 Å². The maximum absolute atomic E-state index is 14.1. The van der Waals surface area contributed by atoms with Crippen LogP contribution in [-0.2, 0) is 9.36 Å². The highest BCUT2D eigenvalue weighted by molar-refractivity contribution is 7.55. The van der Waals surface area contributed by atoms with Crippen LogP contribution in [0.5, 0.6) is 11.5 Å². The van der Waals surface area contributed by atoms with Crippen LogP contribution in [0.15, 0.2) is 91.0 Å². The van der Waals surface area contributed by atoms with E-state index in [1.807, 2.05) is 42.5 Å². The van der Waals surface area contributed by atoms with Gasteiger partial charge in [0.1, 0.15) is 17.5 Å². The van der Waals surface area contributed by atoms with Gasteiger partial charge in [-0.25, -0.2) is 4.57 Å². The van der Waals surface area contributed by atoms with Gasteiger partial charge in [0.25, 0.3) is 0 Å². The molecule has 1 saturated heterocycles. The number of para-hydroxylation sites is 2. The minimum absolute atomic E-state index is 0.290. The molecular formula is C24H25N2O4P. The second kappa shape index (κ2) is 9.38. The molecule has 2 N–H and O–H groups in total. The van der Waals surface area contributed by atoms with Crippen molar-refractivity contribution in [2.75, 3.05) is 6.54 Å². The fraction of sp³-hybridized carbons (Fsp3) is 0.208. The Morgan fingerprint density at radius 3 is 1.87 bits per heavy atom. The topological polar surface area (TPSA) is 81.9 Å². The summed E-state index contributed by atoms with van der Waals surface area (Å²) < 4.78 is 26.1. The van der Waals surface area contributed by atoms with E-state index in [1.54, 1.807) is 53.4 Å². The van der Waals surface area contributed by atoms with Crippen LogP contribution in [0.4, 0.5) is 0 Å². The molecule has 0 saturated carbocycles. The van der Waals surface area contributed by atoms with E-state index in [9.17, 15) is 9.36 Å². The van der Waals surface area contributed by atoms with Crippen LogP contribution in [0.1, 0.15) is 24.4 Å². The van der Waals surface area contributed by atoms with Gasteiger partial charge in [-0.15, -0.1) is 0 Å². The maximum Gasteiger partial charge on any atom is 0.453 e. The minimum Gasteiger partial charge on any atom is -0.415 e. The summed E-state index contributed by atoms with van der Waals surface area (Å²) in [5, 5.41) is 0. The fourth-order valence-electron chi connectivity index (χ4n) is 3.71. The predicted octanol–water partition coefficient (Wildman–Crippen LogP) is 4.99. The number of carbonyl (C=O) groups is 1. The van der Waals surface area contributed by atoms with E-state index in [-0.39, 0.29) is 5.91 Å². The summed E-state index contributed by atoms with van der Waals surface area (Å²) in [6, 6.07) is 26.1. The van der Waals surface area contributed by atoms with Gasteiger partial charge in [-0.1, -0.05) is 66.7 Å². The first-order valence-corrected chi connectivity index (χ1v) is 11.9. The molecule has 4 rings (SSSR count). The van der Waals surface area contributed by atoms with Crippen LogP contribution in [-0.4, -0.2) is 23.1 Å². The monoisotopic (exact) mass is 436 g/mol. The number of hydrogen-bond acceptors (Lipinski definition) is 5. The summed E-state index contributed by atoms with van der Waals surface area (Å²) in [6.07, 6.45) is 1.20. The number of benzene rings is 3. The van der Waals surface area contributed by atoms with Crippen molar-refractivity contribution in [2.24, 2.45) is 5.73 Å². The molecule has 3 aromatic carbocycles. The Bertz CT molecular complexity index is 1000. The highest BCUT2D eigenvalue weighted by atomic mass is 31.2. The van der Waals surface area contributed by atoms with Gasteiger partial charge in [-0.3, -0.25) is 4.79 Å². The quantitative estimate of drug-likeness (QED) is 0.528. The third kappa shape index (κ3) is 4.82. The van der Waals surface area contributed by atoms with Crippen molar-refractivity contribution >= 4 is 13.5 Å². The second-order valence-corrected chi connectivity index (χ2v) is 9.43. The molecule has 0 bridgehead atoms. The zero-order valence-corrected chi connectivity index (χ0v) is 17.9. The molecule has 3 aromatic rings. The van der Waals surface area contributed by atoms with Crippen molar-refractivity contribution in [3.63, 3.8) is 0 Å². The summed E-state index contributed by atoms with van der Waals surface area (Å²) in [7, 11) is -3.80. The van der Waals surface area contributed by atoms with Crippen molar-refractivity contribution in [3.05, 3.63) is 96.6 Å². The van der Waals surface area contributed by atoms with Gasteiger partial charge in [-0.2, -0.15) is 0 Å². The van der Waals surface area contributed by atoms with E-state index in [2.05, 4.69) is 0 Å². The molecule has 1 heterocycles. The van der Waals surface area contributed by atoms with Crippen molar-refractivity contribution in [3.8, 4) is 11.5 Å². The number of amides is 1. The highest BCUT2D eigenvalue weighted by Gasteiger charge is 2.48. The van der Waals surface area contributed by atoms with Crippen molar-refractivity contribution in [1.29, 1.82) is 0 Å². The first-order chi connectivity index (χ1) is 15.1. The Morgan fingerprint density at radius 1 is 0.871 bits per heavy atom. The lowest BCUT2D eigenvalue weighted by Gasteiger charge is -2.32. The van der Waals surface area contributed by atoms with Gasteiger partial charge >= 0.3 is 7.60 Å². The highest BCUT2D eigenvalue weighted by Crippen LogP contribution is 2.57. The molecule has 0 aromatic heterocycles. The van der Waals surface area contributed by atoms with E-state index in [4.69, 9.17) is 14.8 Å². The number of nitrogens with two attached hydrogens (primary N) is 1. The number of likely N-dealkylation sites (tertiary alicyclic amines) is 1. The van der Waals surface area contributed by atoms with Crippen molar-refractivity contribution in [2.45, 2.75) is 24.7 Å². The first-order valence-electron chi connectivity index (χ1n) is 10.3. The van der Waals surface area contributed by atoms with Crippen LogP contribution in [0.3, 0.4) is 0 Å². The Labute approximate surface area is 182 Å². The number of hydrogen-bond donors (Lipinski definition) is 1. The van der Waals surface area contributed by atoms with Crippen LogP contribution in [0, 0.1) is 0 Å². The van der Waals surface area contributed by atoms with Crippen LogP contribution >= 0.6 is 7.60 Å². The summed E-state index contributed by atoms with van der Waals surface area (Å²) in [5.74, 6) is -0.167. The lowest BCUT2D eigenvalue weighted by Crippen LogP contribution is -2.42. The number of rotatable bonds is 7. The van der Waals surface area contributed by atoms with Crippen molar-refractivity contribution < 1.29 is 18.4 Å². The molecule has 0 spiro atoms. The molecule has 2 atom stereocenters. The first kappa shape index (κ1) is 21.2. The summed E-state index contributed by atoms with van der Waals surface area (Å²) >= 11 is 0. The minimum atomic E-state index is -3.80.